The highest BCUT2D eigenvalue weighted by molar-refractivity contribution is 5.77. The number of benzene rings is 1. The molecular weight excluding hydrogens is 360 g/mol. The zero-order valence-corrected chi connectivity index (χ0v) is 16.7. The molecule has 2 aromatic rings. The Hall–Kier alpha value is -2.61. The van der Waals surface area contributed by atoms with E-state index in [9.17, 15) is 4.79 Å². The molecule has 3 heterocycles. The SMILES string of the molecule is CN1C[C@H](NC(=O)CC(C)(C)C)C[C@H]1c1nc(-c2ccc3c(c2)OCO3)no1. The number of carbonyl (C=O) groups excluding carboxylic acids is 1. The van der Waals surface area contributed by atoms with E-state index in [2.05, 4.69) is 41.1 Å². The van der Waals surface area contributed by atoms with E-state index in [-0.39, 0.29) is 30.2 Å². The van der Waals surface area contributed by atoms with Crippen molar-refractivity contribution in [2.24, 2.45) is 5.41 Å². The lowest BCUT2D eigenvalue weighted by atomic mass is 9.92. The Morgan fingerprint density at radius 3 is 2.86 bits per heavy atom. The number of rotatable bonds is 4. The molecule has 0 saturated carbocycles. The van der Waals surface area contributed by atoms with Gasteiger partial charge in [0.1, 0.15) is 0 Å². The van der Waals surface area contributed by atoms with Gasteiger partial charge in [0.05, 0.1) is 6.04 Å². The van der Waals surface area contributed by atoms with Gasteiger partial charge in [0.2, 0.25) is 24.4 Å². The van der Waals surface area contributed by atoms with Crippen molar-refractivity contribution < 1.29 is 18.8 Å². The normalized spacial score (nSPS) is 21.9. The average Bonchev–Trinajstić information content (AvgIpc) is 3.31. The number of hydrogen-bond acceptors (Lipinski definition) is 7. The third-order valence-corrected chi connectivity index (χ3v) is 4.96. The van der Waals surface area contributed by atoms with Gasteiger partial charge >= 0.3 is 0 Å². The highest BCUT2D eigenvalue weighted by atomic mass is 16.7. The number of ether oxygens (including phenoxy) is 2. The lowest BCUT2D eigenvalue weighted by molar-refractivity contribution is -0.123. The zero-order valence-electron chi connectivity index (χ0n) is 16.7. The maximum atomic E-state index is 12.2. The first kappa shape index (κ1) is 18.7. The van der Waals surface area contributed by atoms with E-state index in [0.717, 1.165) is 24.3 Å². The fraction of sp³-hybridized carbons (Fsp3) is 0.550. The Morgan fingerprint density at radius 1 is 1.29 bits per heavy atom. The average molecular weight is 386 g/mol. The van der Waals surface area contributed by atoms with Gasteiger partial charge in [0, 0.05) is 24.6 Å². The first-order valence-corrected chi connectivity index (χ1v) is 9.52. The molecule has 4 rings (SSSR count). The first-order chi connectivity index (χ1) is 13.3. The van der Waals surface area contributed by atoms with Crippen molar-refractivity contribution in [2.75, 3.05) is 20.4 Å². The van der Waals surface area contributed by atoms with E-state index in [4.69, 9.17) is 14.0 Å². The smallest absolute Gasteiger partial charge is 0.244 e. The summed E-state index contributed by atoms with van der Waals surface area (Å²) >= 11 is 0. The molecule has 2 aliphatic heterocycles. The number of hydrogen-bond donors (Lipinski definition) is 1. The number of amides is 1. The minimum atomic E-state index is -0.0278. The quantitative estimate of drug-likeness (QED) is 0.864. The summed E-state index contributed by atoms with van der Waals surface area (Å²) in [7, 11) is 2.00. The van der Waals surface area contributed by atoms with Gasteiger partial charge < -0.3 is 19.3 Å². The van der Waals surface area contributed by atoms with Crippen LogP contribution >= 0.6 is 0 Å². The third-order valence-electron chi connectivity index (χ3n) is 4.96. The summed E-state index contributed by atoms with van der Waals surface area (Å²) in [5.74, 6) is 2.56. The Balaban J connectivity index is 1.43. The summed E-state index contributed by atoms with van der Waals surface area (Å²) in [6, 6.07) is 5.64. The molecule has 1 amide bonds. The lowest BCUT2D eigenvalue weighted by Crippen LogP contribution is -2.38. The topological polar surface area (TPSA) is 89.7 Å². The predicted octanol–water partition coefficient (Wildman–Crippen LogP) is 2.76. The second kappa shape index (κ2) is 7.09. The van der Waals surface area contributed by atoms with Crippen LogP contribution in [0.4, 0.5) is 0 Å². The number of fused-ring (bicyclic) bond motifs is 1. The van der Waals surface area contributed by atoms with E-state index in [0.29, 0.717) is 23.9 Å². The standard InChI is InChI=1S/C20H26N4O4/c1-20(2,3)9-17(25)21-13-8-14(24(4)10-13)19-22-18(23-28-19)12-5-6-15-16(7-12)27-11-26-15/h5-7,13-14H,8-11H2,1-4H3,(H,21,25)/t13-,14+/m1/s1. The molecule has 28 heavy (non-hydrogen) atoms. The summed E-state index contributed by atoms with van der Waals surface area (Å²) in [6.45, 7) is 7.17. The van der Waals surface area contributed by atoms with Crippen LogP contribution in [0.3, 0.4) is 0 Å². The molecule has 0 unspecified atom stereocenters. The van der Waals surface area contributed by atoms with Crippen LogP contribution in [-0.2, 0) is 4.79 Å². The van der Waals surface area contributed by atoms with Gasteiger partial charge in [-0.2, -0.15) is 4.98 Å². The van der Waals surface area contributed by atoms with E-state index < -0.39 is 0 Å². The molecule has 2 atom stereocenters. The molecular formula is C20H26N4O4. The molecule has 1 aromatic carbocycles. The number of aromatic nitrogens is 2. The first-order valence-electron chi connectivity index (χ1n) is 9.52. The highest BCUT2D eigenvalue weighted by Gasteiger charge is 2.35. The highest BCUT2D eigenvalue weighted by Crippen LogP contribution is 2.36. The largest absolute Gasteiger partial charge is 0.454 e. The van der Waals surface area contributed by atoms with Gasteiger partial charge in [-0.3, -0.25) is 9.69 Å². The summed E-state index contributed by atoms with van der Waals surface area (Å²) in [6.07, 6.45) is 1.25. The Kier molecular flexibility index (Phi) is 4.74. The van der Waals surface area contributed by atoms with Crippen molar-refractivity contribution in [1.29, 1.82) is 0 Å². The predicted molar refractivity (Wildman–Crippen MR) is 102 cm³/mol. The summed E-state index contributed by atoms with van der Waals surface area (Å²) < 4.78 is 16.3. The minimum Gasteiger partial charge on any atom is -0.454 e. The summed E-state index contributed by atoms with van der Waals surface area (Å²) in [5.41, 5.74) is 0.787. The molecule has 2 aliphatic rings. The Labute approximate surface area is 164 Å². The van der Waals surface area contributed by atoms with Crippen molar-refractivity contribution in [3.05, 3.63) is 24.1 Å². The van der Waals surface area contributed by atoms with Crippen molar-refractivity contribution in [1.82, 2.24) is 20.4 Å². The lowest BCUT2D eigenvalue weighted by Gasteiger charge is -2.19. The maximum Gasteiger partial charge on any atom is 0.244 e. The minimum absolute atomic E-state index is 0.0183. The number of nitrogens with one attached hydrogen (secondary N) is 1. The van der Waals surface area contributed by atoms with Crippen LogP contribution in [0.25, 0.3) is 11.4 Å². The Bertz CT molecular complexity index is 873. The molecule has 0 aliphatic carbocycles. The third kappa shape index (κ3) is 3.96. The molecule has 1 fully saturated rings. The van der Waals surface area contributed by atoms with Gasteiger partial charge in [-0.15, -0.1) is 0 Å². The van der Waals surface area contributed by atoms with Gasteiger partial charge in [-0.05, 0) is 37.1 Å². The maximum absolute atomic E-state index is 12.2. The molecule has 1 saturated heterocycles. The zero-order chi connectivity index (χ0) is 19.9. The summed E-state index contributed by atoms with van der Waals surface area (Å²) in [4.78, 5) is 19.0. The van der Waals surface area contributed by atoms with Crippen LogP contribution in [0.1, 0.15) is 45.5 Å². The summed E-state index contributed by atoms with van der Waals surface area (Å²) in [5, 5.41) is 7.26. The van der Waals surface area contributed by atoms with Crippen LogP contribution in [0.2, 0.25) is 0 Å². The molecule has 0 spiro atoms. The van der Waals surface area contributed by atoms with Gasteiger partial charge in [0.25, 0.3) is 0 Å². The van der Waals surface area contributed by atoms with E-state index in [1.165, 1.54) is 0 Å². The van der Waals surface area contributed by atoms with Crippen molar-refractivity contribution >= 4 is 5.91 Å². The van der Waals surface area contributed by atoms with Crippen LogP contribution in [0, 0.1) is 5.41 Å². The number of carbonyl (C=O) groups is 1. The molecule has 0 radical (unpaired) electrons. The van der Waals surface area contributed by atoms with Crippen LogP contribution in [0.15, 0.2) is 22.7 Å². The number of likely N-dealkylation sites (N-methyl/N-ethyl adjacent to an activating group) is 1. The van der Waals surface area contributed by atoms with Crippen LogP contribution in [-0.4, -0.2) is 47.4 Å². The molecule has 8 nitrogen and oxygen atoms in total. The van der Waals surface area contributed by atoms with Crippen LogP contribution < -0.4 is 14.8 Å². The fourth-order valence-corrected chi connectivity index (χ4v) is 3.68. The fourth-order valence-electron chi connectivity index (χ4n) is 3.68. The van der Waals surface area contributed by atoms with Crippen molar-refractivity contribution in [2.45, 2.75) is 45.7 Å². The van der Waals surface area contributed by atoms with Gasteiger partial charge in [0.15, 0.2) is 11.5 Å². The van der Waals surface area contributed by atoms with Crippen LogP contribution in [0.5, 0.6) is 11.5 Å². The number of nitrogens with zero attached hydrogens (tertiary/aromatic N) is 3. The van der Waals surface area contributed by atoms with E-state index in [1.54, 1.807) is 0 Å². The monoisotopic (exact) mass is 386 g/mol. The van der Waals surface area contributed by atoms with Gasteiger partial charge in [-0.25, -0.2) is 0 Å². The van der Waals surface area contributed by atoms with E-state index >= 15 is 0 Å². The Morgan fingerprint density at radius 2 is 2.07 bits per heavy atom. The molecule has 0 bridgehead atoms. The molecule has 8 heteroatoms. The van der Waals surface area contributed by atoms with Crippen molar-refractivity contribution in [3.8, 4) is 22.9 Å². The molecule has 1 aromatic heterocycles. The molecule has 150 valence electrons. The van der Waals surface area contributed by atoms with Crippen molar-refractivity contribution in [3.63, 3.8) is 0 Å². The van der Waals surface area contributed by atoms with Gasteiger partial charge in [-0.1, -0.05) is 25.9 Å². The van der Waals surface area contributed by atoms with E-state index in [1.807, 2.05) is 25.2 Å². The second-order valence-corrected chi connectivity index (χ2v) is 8.72. The molecule has 1 N–H and O–H groups in total. The number of likely N-dealkylation sites (tertiary alicyclic amines) is 1. The second-order valence-electron chi connectivity index (χ2n) is 8.72.